The summed E-state index contributed by atoms with van der Waals surface area (Å²) in [5.41, 5.74) is -0.213. The summed E-state index contributed by atoms with van der Waals surface area (Å²) in [5, 5.41) is 15.1. The number of unbranched alkanes of at least 4 members (excludes halogenated alkanes) is 3. The monoisotopic (exact) mass is 548 g/mol. The van der Waals surface area contributed by atoms with E-state index in [-0.39, 0.29) is 23.6 Å². The molecule has 11 heteroatoms. The Morgan fingerprint density at radius 2 is 1.77 bits per heavy atom. The van der Waals surface area contributed by atoms with E-state index in [1.54, 1.807) is 0 Å². The van der Waals surface area contributed by atoms with Gasteiger partial charge < -0.3 is 30.0 Å². The number of aromatic hydroxyl groups is 1. The SMILES string of the molecule is CCCCCC[C@@H]1C(=O)O[C@H](C)[C@H](NC(=O)c2cccc(NC=O)c2O)C(=O)O[C@@H](C)[C@@H]1OC(=O)CC(C)C. The highest BCUT2D eigenvalue weighted by atomic mass is 16.6. The van der Waals surface area contributed by atoms with Crippen LogP contribution < -0.4 is 10.6 Å². The molecule has 1 aliphatic heterocycles. The first-order valence-corrected chi connectivity index (χ1v) is 13.4. The van der Waals surface area contributed by atoms with Crippen molar-refractivity contribution in [3.05, 3.63) is 23.8 Å². The van der Waals surface area contributed by atoms with E-state index >= 15 is 0 Å². The van der Waals surface area contributed by atoms with Crippen LogP contribution in [0.3, 0.4) is 0 Å². The number of nitrogens with one attached hydrogen (secondary N) is 2. The highest BCUT2D eigenvalue weighted by Gasteiger charge is 2.44. The molecule has 1 aliphatic rings. The molecule has 0 bridgehead atoms. The molecule has 0 radical (unpaired) electrons. The van der Waals surface area contributed by atoms with Gasteiger partial charge in [-0.1, -0.05) is 52.5 Å². The van der Waals surface area contributed by atoms with E-state index in [1.165, 1.54) is 32.0 Å². The minimum atomic E-state index is -1.42. The molecule has 1 heterocycles. The molecule has 1 aromatic rings. The Hall–Kier alpha value is -3.63. The summed E-state index contributed by atoms with van der Waals surface area (Å²) in [6, 6.07) is 2.71. The predicted molar refractivity (Wildman–Crippen MR) is 142 cm³/mol. The maximum absolute atomic E-state index is 13.4. The third-order valence-electron chi connectivity index (χ3n) is 6.48. The lowest BCUT2D eigenvalue weighted by molar-refractivity contribution is -0.175. The molecule has 0 spiro atoms. The van der Waals surface area contributed by atoms with Gasteiger partial charge >= 0.3 is 17.9 Å². The van der Waals surface area contributed by atoms with Crippen LogP contribution in [-0.2, 0) is 33.4 Å². The Labute approximate surface area is 228 Å². The van der Waals surface area contributed by atoms with Gasteiger partial charge in [-0.15, -0.1) is 0 Å². The number of esters is 3. The first-order valence-electron chi connectivity index (χ1n) is 13.4. The van der Waals surface area contributed by atoms with Gasteiger partial charge in [0.25, 0.3) is 5.91 Å². The first-order chi connectivity index (χ1) is 18.5. The van der Waals surface area contributed by atoms with E-state index in [1.807, 2.05) is 13.8 Å². The standard InChI is InChI=1S/C28H40N2O9/c1-6-7-8-9-11-20-25(39-22(32)14-16(2)3)18(5)38-28(36)23(17(4)37-27(20)35)30-26(34)19-12-10-13-21(24(19)33)29-15-31/h10,12-13,15-18,20,23,25,33H,6-9,11,14H2,1-5H3,(H,29,31)(H,30,34)/t17-,18+,20+,23+,25+/m1/s1. The van der Waals surface area contributed by atoms with E-state index in [0.29, 0.717) is 19.3 Å². The molecule has 0 saturated carbocycles. The second kappa shape index (κ2) is 15.1. The number of hydrogen-bond acceptors (Lipinski definition) is 9. The lowest BCUT2D eigenvalue weighted by Crippen LogP contribution is -2.50. The number of rotatable bonds is 12. The van der Waals surface area contributed by atoms with Crippen molar-refractivity contribution in [3.63, 3.8) is 0 Å². The Kier molecular flexibility index (Phi) is 12.2. The lowest BCUT2D eigenvalue weighted by atomic mass is 9.92. The smallest absolute Gasteiger partial charge is 0.332 e. The van der Waals surface area contributed by atoms with E-state index in [2.05, 4.69) is 17.6 Å². The maximum Gasteiger partial charge on any atom is 0.332 e. The average molecular weight is 549 g/mol. The normalized spacial score (nSPS) is 23.5. The molecule has 0 unspecified atom stereocenters. The van der Waals surface area contributed by atoms with Crippen LogP contribution in [0.15, 0.2) is 18.2 Å². The van der Waals surface area contributed by atoms with Gasteiger partial charge in [-0.05, 0) is 38.3 Å². The molecule has 5 atom stereocenters. The van der Waals surface area contributed by atoms with Gasteiger partial charge in [0, 0.05) is 6.42 Å². The third-order valence-corrected chi connectivity index (χ3v) is 6.48. The number of carbonyl (C=O) groups is 5. The molecule has 216 valence electrons. The summed E-state index contributed by atoms with van der Waals surface area (Å²) in [6.45, 7) is 8.77. The Morgan fingerprint density at radius 1 is 1.08 bits per heavy atom. The lowest BCUT2D eigenvalue weighted by Gasteiger charge is -2.29. The van der Waals surface area contributed by atoms with Crippen LogP contribution in [0.25, 0.3) is 0 Å². The number of phenolic OH excluding ortho intramolecular Hbond substituents is 1. The number of phenols is 1. The van der Waals surface area contributed by atoms with E-state index < -0.39 is 59.8 Å². The molecule has 3 N–H and O–H groups in total. The summed E-state index contributed by atoms with van der Waals surface area (Å²) < 4.78 is 16.9. The first kappa shape index (κ1) is 31.6. The van der Waals surface area contributed by atoms with E-state index in [4.69, 9.17) is 14.2 Å². The van der Waals surface area contributed by atoms with Crippen molar-refractivity contribution in [1.29, 1.82) is 0 Å². The van der Waals surface area contributed by atoms with Crippen molar-refractivity contribution < 1.29 is 43.3 Å². The highest BCUT2D eigenvalue weighted by molar-refractivity contribution is 6.01. The van der Waals surface area contributed by atoms with Gasteiger partial charge in [-0.25, -0.2) is 4.79 Å². The molecule has 2 rings (SSSR count). The average Bonchev–Trinajstić information content (AvgIpc) is 2.88. The minimum absolute atomic E-state index is 0.000221. The van der Waals surface area contributed by atoms with Crippen LogP contribution in [0.5, 0.6) is 5.75 Å². The quantitative estimate of drug-likeness (QED) is 0.117. The third kappa shape index (κ3) is 8.97. The van der Waals surface area contributed by atoms with E-state index in [9.17, 15) is 29.1 Å². The number of carbonyl (C=O) groups excluding carboxylic acids is 5. The summed E-state index contributed by atoms with van der Waals surface area (Å²) in [7, 11) is 0. The van der Waals surface area contributed by atoms with Crippen molar-refractivity contribution in [2.24, 2.45) is 11.8 Å². The Morgan fingerprint density at radius 3 is 2.41 bits per heavy atom. The van der Waals surface area contributed by atoms with Crippen LogP contribution in [0.1, 0.15) is 83.5 Å². The van der Waals surface area contributed by atoms with Crippen LogP contribution in [0, 0.1) is 11.8 Å². The molecule has 11 nitrogen and oxygen atoms in total. The van der Waals surface area contributed by atoms with Gasteiger partial charge in [0.05, 0.1) is 17.2 Å². The largest absolute Gasteiger partial charge is 0.505 e. The number of cyclic esters (lactones) is 2. The zero-order chi connectivity index (χ0) is 29.1. The number of para-hydroxylation sites is 1. The molecule has 39 heavy (non-hydrogen) atoms. The highest BCUT2D eigenvalue weighted by Crippen LogP contribution is 2.29. The van der Waals surface area contributed by atoms with Crippen LogP contribution in [0.4, 0.5) is 5.69 Å². The molecule has 2 amide bonds. The summed E-state index contributed by atoms with van der Waals surface area (Å²) in [4.78, 5) is 62.9. The zero-order valence-corrected chi connectivity index (χ0v) is 23.2. The second-order valence-corrected chi connectivity index (χ2v) is 10.2. The fraction of sp³-hybridized carbons (Fsp3) is 0.607. The number of anilines is 1. The van der Waals surface area contributed by atoms with Gasteiger partial charge in [-0.2, -0.15) is 0 Å². The zero-order valence-electron chi connectivity index (χ0n) is 23.2. The van der Waals surface area contributed by atoms with Crippen molar-refractivity contribution in [2.75, 3.05) is 5.32 Å². The topological polar surface area (TPSA) is 157 Å². The minimum Gasteiger partial charge on any atom is -0.505 e. The van der Waals surface area contributed by atoms with Crippen molar-refractivity contribution in [1.82, 2.24) is 5.32 Å². The summed E-state index contributed by atoms with van der Waals surface area (Å²) in [5.74, 6) is -4.26. The molecular formula is C28H40N2O9. The summed E-state index contributed by atoms with van der Waals surface area (Å²) in [6.07, 6.45) is 1.17. The molecule has 0 aromatic heterocycles. The molecule has 1 saturated heterocycles. The maximum atomic E-state index is 13.4. The van der Waals surface area contributed by atoms with Crippen LogP contribution in [-0.4, -0.2) is 59.7 Å². The van der Waals surface area contributed by atoms with Crippen LogP contribution in [0.2, 0.25) is 0 Å². The van der Waals surface area contributed by atoms with Crippen molar-refractivity contribution in [3.8, 4) is 5.75 Å². The molecule has 1 aromatic carbocycles. The second-order valence-electron chi connectivity index (χ2n) is 10.2. The molecule has 0 aliphatic carbocycles. The number of hydrogen-bond donors (Lipinski definition) is 3. The van der Waals surface area contributed by atoms with Gasteiger partial charge in [0.1, 0.15) is 12.2 Å². The Bertz CT molecular complexity index is 1030. The Balaban J connectivity index is 2.33. The fourth-order valence-corrected chi connectivity index (χ4v) is 4.40. The van der Waals surface area contributed by atoms with Gasteiger partial charge in [-0.3, -0.25) is 19.2 Å². The number of benzene rings is 1. The fourth-order valence-electron chi connectivity index (χ4n) is 4.40. The van der Waals surface area contributed by atoms with Crippen molar-refractivity contribution in [2.45, 2.75) is 97.5 Å². The predicted octanol–water partition coefficient (Wildman–Crippen LogP) is 3.48. The van der Waals surface area contributed by atoms with Crippen LogP contribution >= 0.6 is 0 Å². The summed E-state index contributed by atoms with van der Waals surface area (Å²) >= 11 is 0. The van der Waals surface area contributed by atoms with Gasteiger partial charge in [0.15, 0.2) is 17.9 Å². The van der Waals surface area contributed by atoms with Crippen molar-refractivity contribution >= 4 is 35.9 Å². The van der Waals surface area contributed by atoms with Gasteiger partial charge in [0.2, 0.25) is 6.41 Å². The molecule has 1 fully saturated rings. The number of amides is 2. The molecular weight excluding hydrogens is 508 g/mol. The van der Waals surface area contributed by atoms with E-state index in [0.717, 1.165) is 19.3 Å². The number of ether oxygens (including phenoxy) is 3.